The zero-order valence-corrected chi connectivity index (χ0v) is 11.9. The minimum absolute atomic E-state index is 0.579. The van der Waals surface area contributed by atoms with Crippen LogP contribution in [0.4, 0.5) is 0 Å². The second-order valence-electron chi connectivity index (χ2n) is 7.06. The Morgan fingerprint density at radius 1 is 1.18 bits per heavy atom. The lowest BCUT2D eigenvalue weighted by atomic mass is 9.74. The molecule has 2 aliphatic rings. The molecule has 0 aromatic heterocycles. The maximum Gasteiger partial charge on any atom is 0.0246 e. The van der Waals surface area contributed by atoms with Crippen LogP contribution in [0, 0.1) is 11.3 Å². The van der Waals surface area contributed by atoms with Crippen molar-refractivity contribution in [3.63, 3.8) is 0 Å². The molecule has 0 spiro atoms. The zero-order chi connectivity index (χ0) is 12.5. The number of nitrogens with two attached hydrogens (primary N) is 1. The summed E-state index contributed by atoms with van der Waals surface area (Å²) in [6.07, 6.45) is 8.29. The molecule has 1 saturated heterocycles. The molecule has 1 aliphatic carbocycles. The number of likely N-dealkylation sites (tertiary alicyclic amines) is 1. The molecule has 2 unspecified atom stereocenters. The molecule has 1 heterocycles. The topological polar surface area (TPSA) is 29.3 Å². The van der Waals surface area contributed by atoms with Gasteiger partial charge in [0.25, 0.3) is 0 Å². The first kappa shape index (κ1) is 13.4. The smallest absolute Gasteiger partial charge is 0.0246 e. The molecular formula is C15H30N2. The van der Waals surface area contributed by atoms with Crippen LogP contribution in [0.2, 0.25) is 0 Å². The van der Waals surface area contributed by atoms with Crippen molar-refractivity contribution in [2.75, 3.05) is 13.1 Å². The van der Waals surface area contributed by atoms with Crippen LogP contribution in [0.1, 0.15) is 59.3 Å². The van der Waals surface area contributed by atoms with E-state index in [-0.39, 0.29) is 0 Å². The van der Waals surface area contributed by atoms with Crippen LogP contribution in [0.15, 0.2) is 0 Å². The molecule has 0 aromatic rings. The zero-order valence-electron chi connectivity index (χ0n) is 11.9. The predicted molar refractivity (Wildman–Crippen MR) is 74.0 cm³/mol. The van der Waals surface area contributed by atoms with Gasteiger partial charge in [-0.25, -0.2) is 0 Å². The van der Waals surface area contributed by atoms with E-state index in [1.54, 1.807) is 0 Å². The summed E-state index contributed by atoms with van der Waals surface area (Å²) in [7, 11) is 0. The van der Waals surface area contributed by atoms with Gasteiger partial charge < -0.3 is 5.73 Å². The van der Waals surface area contributed by atoms with Crippen LogP contribution >= 0.6 is 0 Å². The van der Waals surface area contributed by atoms with Gasteiger partial charge in [0.05, 0.1) is 0 Å². The number of piperidine rings is 1. The lowest BCUT2D eigenvalue weighted by molar-refractivity contribution is 0.0268. The summed E-state index contributed by atoms with van der Waals surface area (Å²) >= 11 is 0. The van der Waals surface area contributed by atoms with E-state index in [4.69, 9.17) is 5.73 Å². The average molecular weight is 238 g/mol. The third-order valence-corrected chi connectivity index (χ3v) is 5.18. The summed E-state index contributed by atoms with van der Waals surface area (Å²) in [6, 6.07) is 1.47. The highest BCUT2D eigenvalue weighted by atomic mass is 15.2. The van der Waals surface area contributed by atoms with Gasteiger partial charge in [-0.15, -0.1) is 0 Å². The average Bonchev–Trinajstić information content (AvgIpc) is 2.29. The molecule has 2 nitrogen and oxygen atoms in total. The Morgan fingerprint density at radius 2 is 1.82 bits per heavy atom. The Hall–Kier alpha value is -0.0800. The van der Waals surface area contributed by atoms with E-state index in [1.165, 1.54) is 45.1 Å². The Kier molecular flexibility index (Phi) is 4.14. The van der Waals surface area contributed by atoms with Crippen molar-refractivity contribution < 1.29 is 0 Å². The quantitative estimate of drug-likeness (QED) is 0.801. The number of rotatable bonds is 2. The second kappa shape index (κ2) is 5.27. The van der Waals surface area contributed by atoms with E-state index >= 15 is 0 Å². The van der Waals surface area contributed by atoms with Gasteiger partial charge in [0, 0.05) is 18.6 Å². The fourth-order valence-corrected chi connectivity index (χ4v) is 3.82. The molecule has 1 saturated carbocycles. The minimum atomic E-state index is 0.579. The van der Waals surface area contributed by atoms with Gasteiger partial charge in [-0.1, -0.05) is 20.8 Å². The van der Waals surface area contributed by atoms with Crippen molar-refractivity contribution in [2.24, 2.45) is 17.1 Å². The van der Waals surface area contributed by atoms with Crippen LogP contribution < -0.4 is 5.73 Å². The van der Waals surface area contributed by atoms with Crippen molar-refractivity contribution >= 4 is 0 Å². The van der Waals surface area contributed by atoms with Crippen LogP contribution in [0.3, 0.4) is 0 Å². The molecule has 2 atom stereocenters. The first-order valence-electron chi connectivity index (χ1n) is 7.49. The molecule has 0 radical (unpaired) electrons. The number of nitrogens with zero attached hydrogens (tertiary/aromatic N) is 1. The molecule has 2 rings (SSSR count). The third kappa shape index (κ3) is 3.03. The molecule has 100 valence electrons. The summed E-state index contributed by atoms with van der Waals surface area (Å²) in [5, 5.41) is 0. The summed E-state index contributed by atoms with van der Waals surface area (Å²) < 4.78 is 0. The van der Waals surface area contributed by atoms with E-state index < -0.39 is 0 Å². The molecule has 1 aliphatic heterocycles. The first-order chi connectivity index (χ1) is 8.03. The van der Waals surface area contributed by atoms with Crippen LogP contribution in [-0.4, -0.2) is 30.1 Å². The van der Waals surface area contributed by atoms with Gasteiger partial charge in [0.1, 0.15) is 0 Å². The Bertz CT molecular complexity index is 239. The highest BCUT2D eigenvalue weighted by molar-refractivity contribution is 4.91. The molecule has 2 heteroatoms. The SMILES string of the molecule is CC1CCCN(C2CCC(C)(C)CC2)C1CN. The molecule has 0 amide bonds. The number of hydrogen-bond acceptors (Lipinski definition) is 2. The van der Waals surface area contributed by atoms with Crippen LogP contribution in [-0.2, 0) is 0 Å². The summed E-state index contributed by atoms with van der Waals surface area (Å²) in [5.74, 6) is 0.795. The summed E-state index contributed by atoms with van der Waals surface area (Å²) in [5.41, 5.74) is 6.58. The molecule has 2 fully saturated rings. The van der Waals surface area contributed by atoms with E-state index in [2.05, 4.69) is 25.7 Å². The summed E-state index contributed by atoms with van der Waals surface area (Å²) in [6.45, 7) is 9.36. The highest BCUT2D eigenvalue weighted by Gasteiger charge is 2.35. The van der Waals surface area contributed by atoms with Crippen LogP contribution in [0.5, 0.6) is 0 Å². The van der Waals surface area contributed by atoms with Crippen molar-refractivity contribution in [3.05, 3.63) is 0 Å². The monoisotopic (exact) mass is 238 g/mol. The first-order valence-corrected chi connectivity index (χ1v) is 7.49. The van der Waals surface area contributed by atoms with Gasteiger partial charge in [-0.2, -0.15) is 0 Å². The number of hydrogen-bond donors (Lipinski definition) is 1. The molecule has 2 N–H and O–H groups in total. The van der Waals surface area contributed by atoms with Crippen LogP contribution in [0.25, 0.3) is 0 Å². The lowest BCUT2D eigenvalue weighted by Crippen LogP contribution is -2.54. The van der Waals surface area contributed by atoms with E-state index in [9.17, 15) is 0 Å². The molecular weight excluding hydrogens is 208 g/mol. The van der Waals surface area contributed by atoms with Crippen molar-refractivity contribution in [3.8, 4) is 0 Å². The maximum atomic E-state index is 6.00. The fourth-order valence-electron chi connectivity index (χ4n) is 3.82. The highest BCUT2D eigenvalue weighted by Crippen LogP contribution is 2.39. The Morgan fingerprint density at radius 3 is 2.41 bits per heavy atom. The summed E-state index contributed by atoms with van der Waals surface area (Å²) in [4.78, 5) is 2.75. The Labute approximate surface area is 107 Å². The lowest BCUT2D eigenvalue weighted by Gasteiger charge is -2.47. The van der Waals surface area contributed by atoms with E-state index in [0.29, 0.717) is 11.5 Å². The third-order valence-electron chi connectivity index (χ3n) is 5.18. The molecule has 0 bridgehead atoms. The van der Waals surface area contributed by atoms with E-state index in [1.807, 2.05) is 0 Å². The van der Waals surface area contributed by atoms with Crippen molar-refractivity contribution in [2.45, 2.75) is 71.4 Å². The van der Waals surface area contributed by atoms with E-state index in [0.717, 1.165) is 18.5 Å². The van der Waals surface area contributed by atoms with Gasteiger partial charge in [0.2, 0.25) is 0 Å². The van der Waals surface area contributed by atoms with Crippen molar-refractivity contribution in [1.29, 1.82) is 0 Å². The molecule has 0 aromatic carbocycles. The normalized spacial score (nSPS) is 36.0. The second-order valence-corrected chi connectivity index (χ2v) is 7.06. The van der Waals surface area contributed by atoms with Gasteiger partial charge in [0.15, 0.2) is 0 Å². The Balaban J connectivity index is 1.96. The largest absolute Gasteiger partial charge is 0.329 e. The molecule has 17 heavy (non-hydrogen) atoms. The minimum Gasteiger partial charge on any atom is -0.329 e. The maximum absolute atomic E-state index is 6.00. The standard InChI is InChI=1S/C15H30N2/c1-12-5-4-10-17(14(12)11-16)13-6-8-15(2,3)9-7-13/h12-14H,4-11,16H2,1-3H3. The van der Waals surface area contributed by atoms with Gasteiger partial charge in [-0.05, 0) is 56.4 Å². The van der Waals surface area contributed by atoms with Crippen molar-refractivity contribution in [1.82, 2.24) is 4.90 Å². The van der Waals surface area contributed by atoms with Gasteiger partial charge >= 0.3 is 0 Å². The fraction of sp³-hybridized carbons (Fsp3) is 1.00. The van der Waals surface area contributed by atoms with Gasteiger partial charge in [-0.3, -0.25) is 4.90 Å². The predicted octanol–water partition coefficient (Wildman–Crippen LogP) is 3.01.